The lowest BCUT2D eigenvalue weighted by atomic mass is 9.81. The van der Waals surface area contributed by atoms with Gasteiger partial charge in [0.15, 0.2) is 0 Å². The van der Waals surface area contributed by atoms with Crippen molar-refractivity contribution in [2.75, 3.05) is 6.61 Å². The van der Waals surface area contributed by atoms with Crippen LogP contribution in [0.15, 0.2) is 46.9 Å². The molecule has 0 saturated carbocycles. The number of ether oxygens (including phenoxy) is 2. The van der Waals surface area contributed by atoms with E-state index in [4.69, 9.17) is 4.74 Å². The molecular weight excluding hydrogens is 684 g/mol. The van der Waals surface area contributed by atoms with Crippen LogP contribution in [-0.2, 0) is 32.3 Å². The van der Waals surface area contributed by atoms with Crippen molar-refractivity contribution in [2.45, 2.75) is 136 Å². The molecule has 11 heteroatoms. The smallest absolute Gasteiger partial charge is 0.377 e. The third kappa shape index (κ3) is 11.8. The summed E-state index contributed by atoms with van der Waals surface area (Å²) >= 11 is 3.63. The molecule has 0 aliphatic rings. The van der Waals surface area contributed by atoms with Crippen LogP contribution in [0.3, 0.4) is 0 Å². The fraction of sp³-hybridized carbons (Fsp3) is 0.657. The molecule has 264 valence electrons. The zero-order valence-electron chi connectivity index (χ0n) is 28.7. The summed E-state index contributed by atoms with van der Waals surface area (Å²) in [4.78, 5) is 0. The lowest BCUT2D eigenvalue weighted by Gasteiger charge is -2.34. The molecule has 0 heterocycles. The maximum absolute atomic E-state index is 13.7. The van der Waals surface area contributed by atoms with E-state index < -0.39 is 42.8 Å². The monoisotopic (exact) mass is 732 g/mol. The quantitative estimate of drug-likeness (QED) is 0.169. The summed E-state index contributed by atoms with van der Waals surface area (Å²) in [6, 6.07) is 14.0. The molecule has 0 aromatic heterocycles. The number of hydrogen-bond donors (Lipinski definition) is 0. The van der Waals surface area contributed by atoms with Gasteiger partial charge in [0.2, 0.25) is 0 Å². The standard InChI is InChI=1S/C21H28F8O2.C14H21Br/c1-14(2)19(24,25)21(28,29)31-20(26,27)18(22,23)11-6-12-30-13-15-7-9-16(10-8-15)17(3,4)5;1-13(2,3)10-7-8-12(15)11(9-10)14(4,5)6/h7-10,14H,6,11-13H2,1-5H3;7-9H,1-6H3. The van der Waals surface area contributed by atoms with Gasteiger partial charge in [-0.05, 0) is 51.0 Å². The third-order valence-electron chi connectivity index (χ3n) is 7.30. The lowest BCUT2D eigenvalue weighted by Crippen LogP contribution is -2.55. The average Bonchev–Trinajstić information content (AvgIpc) is 2.86. The van der Waals surface area contributed by atoms with Crippen molar-refractivity contribution in [3.63, 3.8) is 0 Å². The van der Waals surface area contributed by atoms with Crippen LogP contribution in [0.5, 0.6) is 0 Å². The molecule has 0 aliphatic carbocycles. The summed E-state index contributed by atoms with van der Waals surface area (Å²) in [7, 11) is 0. The molecule has 0 bridgehead atoms. The summed E-state index contributed by atoms with van der Waals surface area (Å²) in [6.07, 6.45) is -13.8. The Kier molecular flexibility index (Phi) is 14.0. The van der Waals surface area contributed by atoms with Gasteiger partial charge in [0.25, 0.3) is 0 Å². The molecule has 2 nitrogen and oxygen atoms in total. The van der Waals surface area contributed by atoms with Crippen LogP contribution < -0.4 is 0 Å². The van der Waals surface area contributed by atoms with Crippen molar-refractivity contribution in [2.24, 2.45) is 5.92 Å². The molecule has 2 aromatic rings. The van der Waals surface area contributed by atoms with E-state index >= 15 is 0 Å². The summed E-state index contributed by atoms with van der Waals surface area (Å²) in [6.45, 7) is 20.5. The summed E-state index contributed by atoms with van der Waals surface area (Å²) in [5.74, 6) is -12.3. The molecule has 0 saturated heterocycles. The largest absolute Gasteiger partial charge is 0.424 e. The molecule has 0 amide bonds. The highest BCUT2D eigenvalue weighted by atomic mass is 79.9. The van der Waals surface area contributed by atoms with Gasteiger partial charge in [0.1, 0.15) is 0 Å². The van der Waals surface area contributed by atoms with E-state index in [2.05, 4.69) is 80.4 Å². The van der Waals surface area contributed by atoms with Gasteiger partial charge in [-0.15, -0.1) is 0 Å². The van der Waals surface area contributed by atoms with Gasteiger partial charge in [-0.2, -0.15) is 35.1 Å². The molecule has 0 atom stereocenters. The van der Waals surface area contributed by atoms with Crippen LogP contribution in [0.25, 0.3) is 0 Å². The second kappa shape index (κ2) is 15.2. The molecule has 0 unspecified atom stereocenters. The Hall–Kier alpha value is -1.72. The van der Waals surface area contributed by atoms with Crippen LogP contribution in [0.4, 0.5) is 35.1 Å². The number of alkyl halides is 8. The molecule has 46 heavy (non-hydrogen) atoms. The van der Waals surface area contributed by atoms with E-state index in [1.165, 1.54) is 15.6 Å². The number of benzene rings is 2. The zero-order chi connectivity index (χ0) is 36.2. The number of rotatable bonds is 11. The minimum absolute atomic E-state index is 0.0293. The van der Waals surface area contributed by atoms with E-state index in [9.17, 15) is 35.1 Å². The second-order valence-corrected chi connectivity index (χ2v) is 15.8. The molecule has 0 spiro atoms. The normalized spacial score (nSPS) is 13.9. The van der Waals surface area contributed by atoms with E-state index in [0.717, 1.165) is 11.1 Å². The minimum atomic E-state index is -5.79. The summed E-state index contributed by atoms with van der Waals surface area (Å²) < 4.78 is 117. The molecule has 0 fully saturated rings. The van der Waals surface area contributed by atoms with Gasteiger partial charge >= 0.3 is 24.1 Å². The van der Waals surface area contributed by atoms with Crippen LogP contribution in [0.2, 0.25) is 0 Å². The average molecular weight is 734 g/mol. The van der Waals surface area contributed by atoms with Crippen molar-refractivity contribution in [1.29, 1.82) is 0 Å². The Morgan fingerprint density at radius 3 is 1.57 bits per heavy atom. The van der Waals surface area contributed by atoms with Crippen LogP contribution in [-0.4, -0.2) is 30.7 Å². The Morgan fingerprint density at radius 1 is 0.652 bits per heavy atom. The van der Waals surface area contributed by atoms with Crippen molar-refractivity contribution in [3.05, 3.63) is 69.2 Å². The number of halogens is 9. The molecule has 2 aromatic carbocycles. The van der Waals surface area contributed by atoms with Gasteiger partial charge in [-0.3, -0.25) is 0 Å². The molecular formula is C35H49BrF8O2. The van der Waals surface area contributed by atoms with Gasteiger partial charge < -0.3 is 4.74 Å². The fourth-order valence-corrected chi connectivity index (χ4v) is 4.88. The Bertz CT molecular complexity index is 1240. The van der Waals surface area contributed by atoms with Crippen molar-refractivity contribution in [1.82, 2.24) is 0 Å². The Morgan fingerprint density at radius 2 is 1.13 bits per heavy atom. The van der Waals surface area contributed by atoms with E-state index in [-0.39, 0.29) is 29.5 Å². The fourth-order valence-electron chi connectivity index (χ4n) is 4.04. The molecule has 0 aliphatic heterocycles. The maximum Gasteiger partial charge on any atom is 0.424 e. The van der Waals surface area contributed by atoms with Crippen LogP contribution in [0.1, 0.15) is 111 Å². The molecule has 2 rings (SSSR count). The SMILES string of the molecule is CC(C)(C)c1ccc(Br)c(C(C)(C)C)c1.CC(C)C(F)(F)C(F)(F)OC(F)(F)C(F)(F)CCCOCc1ccc(C(C)(C)C)cc1. The lowest BCUT2D eigenvalue weighted by molar-refractivity contribution is -0.472. The topological polar surface area (TPSA) is 18.5 Å². The van der Waals surface area contributed by atoms with Crippen LogP contribution >= 0.6 is 15.9 Å². The minimum Gasteiger partial charge on any atom is -0.377 e. The predicted octanol–water partition coefficient (Wildman–Crippen LogP) is 12.5. The third-order valence-corrected chi connectivity index (χ3v) is 8.00. The summed E-state index contributed by atoms with van der Waals surface area (Å²) in [5.41, 5.74) is 4.93. The molecule has 0 N–H and O–H groups in total. The van der Waals surface area contributed by atoms with E-state index in [1.54, 1.807) is 12.1 Å². The highest BCUT2D eigenvalue weighted by Crippen LogP contribution is 2.48. The Labute approximate surface area is 277 Å². The van der Waals surface area contributed by atoms with Crippen molar-refractivity contribution >= 4 is 15.9 Å². The summed E-state index contributed by atoms with van der Waals surface area (Å²) in [5, 5.41) is 0. The highest BCUT2D eigenvalue weighted by Gasteiger charge is 2.69. The second-order valence-electron chi connectivity index (χ2n) is 14.9. The van der Waals surface area contributed by atoms with Gasteiger partial charge in [0.05, 0.1) is 6.61 Å². The van der Waals surface area contributed by atoms with Crippen molar-refractivity contribution < 1.29 is 44.6 Å². The first-order chi connectivity index (χ1) is 20.5. The first-order valence-electron chi connectivity index (χ1n) is 15.1. The zero-order valence-corrected chi connectivity index (χ0v) is 30.3. The van der Waals surface area contributed by atoms with Gasteiger partial charge in [-0.25, -0.2) is 4.74 Å². The maximum atomic E-state index is 13.7. The van der Waals surface area contributed by atoms with Gasteiger partial charge in [0, 0.05) is 23.4 Å². The predicted molar refractivity (Wildman–Crippen MR) is 171 cm³/mol. The van der Waals surface area contributed by atoms with Gasteiger partial charge in [-0.1, -0.05) is 128 Å². The first kappa shape index (κ1) is 42.3. The van der Waals surface area contributed by atoms with E-state index in [0.29, 0.717) is 13.8 Å². The van der Waals surface area contributed by atoms with Crippen molar-refractivity contribution in [3.8, 4) is 0 Å². The Balaban J connectivity index is 0.000000587. The first-order valence-corrected chi connectivity index (χ1v) is 15.9. The van der Waals surface area contributed by atoms with Crippen LogP contribution in [0, 0.1) is 5.92 Å². The number of hydrogen-bond acceptors (Lipinski definition) is 2. The molecule has 0 radical (unpaired) electrons. The van der Waals surface area contributed by atoms with E-state index in [1.807, 2.05) is 32.9 Å². The highest BCUT2D eigenvalue weighted by molar-refractivity contribution is 9.10.